The van der Waals surface area contributed by atoms with Gasteiger partial charge in [-0.05, 0) is 37.2 Å². The lowest BCUT2D eigenvalue weighted by molar-refractivity contribution is 0.414. The summed E-state index contributed by atoms with van der Waals surface area (Å²) in [6, 6.07) is 7.18. The SMILES string of the molecule is COc1ccc(S(=O)/C=C\CCN)cc1. The number of methoxy groups -OCH3 is 1. The van der Waals surface area contributed by atoms with Gasteiger partial charge in [0.2, 0.25) is 0 Å². The third-order valence-electron chi connectivity index (χ3n) is 1.84. The normalized spacial score (nSPS) is 12.9. The average Bonchev–Trinajstić information content (AvgIpc) is 2.29. The van der Waals surface area contributed by atoms with E-state index in [2.05, 4.69) is 0 Å². The Bertz CT molecular complexity index is 346. The van der Waals surface area contributed by atoms with Crippen molar-refractivity contribution in [3.63, 3.8) is 0 Å². The summed E-state index contributed by atoms with van der Waals surface area (Å²) in [6.45, 7) is 0.580. The fourth-order valence-electron chi connectivity index (χ4n) is 1.04. The van der Waals surface area contributed by atoms with E-state index in [0.717, 1.165) is 17.1 Å². The highest BCUT2D eigenvalue weighted by Crippen LogP contribution is 2.14. The van der Waals surface area contributed by atoms with Crippen LogP contribution in [0.5, 0.6) is 5.75 Å². The average molecular weight is 225 g/mol. The molecule has 4 heteroatoms. The first kappa shape index (κ1) is 11.9. The number of nitrogens with two attached hydrogens (primary N) is 1. The molecular weight excluding hydrogens is 210 g/mol. The first-order valence-corrected chi connectivity index (χ1v) is 5.90. The molecule has 0 aliphatic heterocycles. The first-order valence-electron chi connectivity index (χ1n) is 4.69. The Kier molecular flexibility index (Phi) is 5.07. The third kappa shape index (κ3) is 3.85. The molecule has 82 valence electrons. The van der Waals surface area contributed by atoms with Crippen LogP contribution in [0.15, 0.2) is 40.6 Å². The number of hydrogen-bond donors (Lipinski definition) is 1. The van der Waals surface area contributed by atoms with Crippen LogP contribution in [0.1, 0.15) is 6.42 Å². The molecule has 0 saturated heterocycles. The van der Waals surface area contributed by atoms with E-state index in [1.54, 1.807) is 36.8 Å². The van der Waals surface area contributed by atoms with Crippen molar-refractivity contribution < 1.29 is 8.95 Å². The highest BCUT2D eigenvalue weighted by molar-refractivity contribution is 7.88. The largest absolute Gasteiger partial charge is 0.497 e. The molecule has 3 nitrogen and oxygen atoms in total. The summed E-state index contributed by atoms with van der Waals surface area (Å²) in [4.78, 5) is 0.768. The molecular formula is C11H15NO2S. The van der Waals surface area contributed by atoms with E-state index in [0.29, 0.717) is 6.54 Å². The maximum atomic E-state index is 11.7. The van der Waals surface area contributed by atoms with Crippen LogP contribution in [-0.2, 0) is 10.8 Å². The Morgan fingerprint density at radius 3 is 2.60 bits per heavy atom. The van der Waals surface area contributed by atoms with Crippen LogP contribution in [-0.4, -0.2) is 17.9 Å². The first-order chi connectivity index (χ1) is 7.27. The van der Waals surface area contributed by atoms with E-state index < -0.39 is 10.8 Å². The summed E-state index contributed by atoms with van der Waals surface area (Å²) in [5.74, 6) is 0.765. The molecule has 0 aliphatic rings. The predicted molar refractivity (Wildman–Crippen MR) is 62.2 cm³/mol. The van der Waals surface area contributed by atoms with Gasteiger partial charge in [0.1, 0.15) is 5.75 Å². The van der Waals surface area contributed by atoms with Gasteiger partial charge in [0.25, 0.3) is 0 Å². The number of rotatable bonds is 5. The number of hydrogen-bond acceptors (Lipinski definition) is 3. The van der Waals surface area contributed by atoms with Crippen LogP contribution in [0.25, 0.3) is 0 Å². The molecule has 0 amide bonds. The highest BCUT2D eigenvalue weighted by atomic mass is 32.2. The van der Waals surface area contributed by atoms with Crippen LogP contribution in [0.3, 0.4) is 0 Å². The summed E-state index contributed by atoms with van der Waals surface area (Å²) in [5, 5.41) is 1.66. The van der Waals surface area contributed by atoms with Crippen molar-refractivity contribution in [2.45, 2.75) is 11.3 Å². The van der Waals surface area contributed by atoms with Gasteiger partial charge >= 0.3 is 0 Å². The monoisotopic (exact) mass is 225 g/mol. The molecule has 0 bridgehead atoms. The fourth-order valence-corrected chi connectivity index (χ4v) is 1.91. The summed E-state index contributed by atoms with van der Waals surface area (Å²) in [6.07, 6.45) is 2.59. The van der Waals surface area contributed by atoms with Gasteiger partial charge in [-0.1, -0.05) is 6.08 Å². The van der Waals surface area contributed by atoms with Gasteiger partial charge in [-0.25, -0.2) is 4.21 Å². The van der Waals surface area contributed by atoms with E-state index in [9.17, 15) is 4.21 Å². The summed E-state index contributed by atoms with van der Waals surface area (Å²) in [7, 11) is 0.517. The quantitative estimate of drug-likeness (QED) is 0.829. The maximum Gasteiger partial charge on any atom is 0.118 e. The van der Waals surface area contributed by atoms with Gasteiger partial charge in [0.15, 0.2) is 0 Å². The zero-order valence-corrected chi connectivity index (χ0v) is 9.50. The van der Waals surface area contributed by atoms with Gasteiger partial charge in [-0.15, -0.1) is 0 Å². The Morgan fingerprint density at radius 1 is 1.40 bits per heavy atom. The predicted octanol–water partition coefficient (Wildman–Crippen LogP) is 1.67. The standard InChI is InChI=1S/C11H15NO2S/c1-14-10-4-6-11(7-5-10)15(13)9-3-2-8-12/h3-7,9H,2,8,12H2,1H3/b9-3-. The summed E-state index contributed by atoms with van der Waals surface area (Å²) >= 11 is 0. The zero-order valence-electron chi connectivity index (χ0n) is 8.68. The lowest BCUT2D eigenvalue weighted by Crippen LogP contribution is -1.95. The van der Waals surface area contributed by atoms with Gasteiger partial charge in [0, 0.05) is 10.3 Å². The van der Waals surface area contributed by atoms with Crippen LogP contribution >= 0.6 is 0 Å². The smallest absolute Gasteiger partial charge is 0.118 e. The molecule has 2 N–H and O–H groups in total. The van der Waals surface area contributed by atoms with Crippen LogP contribution < -0.4 is 10.5 Å². The van der Waals surface area contributed by atoms with E-state index in [1.165, 1.54) is 0 Å². The van der Waals surface area contributed by atoms with Crippen molar-refractivity contribution in [1.82, 2.24) is 0 Å². The Morgan fingerprint density at radius 2 is 2.07 bits per heavy atom. The molecule has 0 heterocycles. The molecule has 0 saturated carbocycles. The van der Waals surface area contributed by atoms with Crippen molar-refractivity contribution >= 4 is 10.8 Å². The number of benzene rings is 1. The molecule has 0 radical (unpaired) electrons. The van der Waals surface area contributed by atoms with Crippen LogP contribution in [0, 0.1) is 0 Å². The molecule has 0 fully saturated rings. The highest BCUT2D eigenvalue weighted by Gasteiger charge is 1.99. The third-order valence-corrected chi connectivity index (χ3v) is 3.02. The molecule has 0 aliphatic carbocycles. The maximum absolute atomic E-state index is 11.7. The van der Waals surface area contributed by atoms with Gasteiger partial charge in [-0.3, -0.25) is 0 Å². The molecule has 1 aromatic carbocycles. The minimum Gasteiger partial charge on any atom is -0.497 e. The van der Waals surface area contributed by atoms with E-state index in [-0.39, 0.29) is 0 Å². The topological polar surface area (TPSA) is 52.3 Å². The molecule has 0 spiro atoms. The van der Waals surface area contributed by atoms with Crippen molar-refractivity contribution in [2.75, 3.05) is 13.7 Å². The zero-order chi connectivity index (χ0) is 11.1. The minimum absolute atomic E-state index is 0.580. The van der Waals surface area contributed by atoms with Gasteiger partial charge in [-0.2, -0.15) is 0 Å². The van der Waals surface area contributed by atoms with Crippen molar-refractivity contribution in [2.24, 2.45) is 5.73 Å². The fraction of sp³-hybridized carbons (Fsp3) is 0.273. The second-order valence-electron chi connectivity index (χ2n) is 2.92. The lowest BCUT2D eigenvalue weighted by atomic mass is 10.3. The molecule has 15 heavy (non-hydrogen) atoms. The Hall–Kier alpha value is -1.13. The summed E-state index contributed by atoms with van der Waals surface area (Å²) in [5.41, 5.74) is 5.32. The van der Waals surface area contributed by atoms with E-state index in [1.807, 2.05) is 6.08 Å². The van der Waals surface area contributed by atoms with Crippen LogP contribution in [0.2, 0.25) is 0 Å². The molecule has 1 rings (SSSR count). The van der Waals surface area contributed by atoms with Crippen molar-refractivity contribution in [3.8, 4) is 5.75 Å². The summed E-state index contributed by atoms with van der Waals surface area (Å²) < 4.78 is 16.7. The van der Waals surface area contributed by atoms with Crippen molar-refractivity contribution in [3.05, 3.63) is 35.7 Å². The minimum atomic E-state index is -1.09. The molecule has 1 unspecified atom stereocenters. The number of ether oxygens (including phenoxy) is 1. The Labute approximate surface area is 92.4 Å². The lowest BCUT2D eigenvalue weighted by Gasteiger charge is -2.00. The molecule has 1 aromatic rings. The van der Waals surface area contributed by atoms with Gasteiger partial charge in [0.05, 0.1) is 17.9 Å². The van der Waals surface area contributed by atoms with E-state index >= 15 is 0 Å². The second kappa shape index (κ2) is 6.37. The molecule has 1 atom stereocenters. The Balaban J connectivity index is 2.66. The van der Waals surface area contributed by atoms with Crippen molar-refractivity contribution in [1.29, 1.82) is 0 Å². The van der Waals surface area contributed by atoms with E-state index in [4.69, 9.17) is 10.5 Å². The molecule has 0 aromatic heterocycles. The van der Waals surface area contributed by atoms with Gasteiger partial charge < -0.3 is 10.5 Å². The second-order valence-corrected chi connectivity index (χ2v) is 4.26. The van der Waals surface area contributed by atoms with Crippen LogP contribution in [0.4, 0.5) is 0 Å².